The monoisotopic (exact) mass is 493 g/mol. The fourth-order valence-corrected chi connectivity index (χ4v) is 4.18. The number of carbonyl (C=O) groups excluding carboxylic acids is 2. The number of anilines is 3. The molecule has 0 unspecified atom stereocenters. The molecule has 2 aromatic carbocycles. The highest BCUT2D eigenvalue weighted by Crippen LogP contribution is 2.35. The first-order chi connectivity index (χ1) is 17.6. The highest BCUT2D eigenvalue weighted by atomic mass is 16.5. The lowest BCUT2D eigenvalue weighted by molar-refractivity contribution is -0.127. The zero-order chi connectivity index (χ0) is 25.3. The van der Waals surface area contributed by atoms with Gasteiger partial charge in [-0.3, -0.25) is 9.59 Å². The van der Waals surface area contributed by atoms with Gasteiger partial charge in [-0.2, -0.15) is 0 Å². The molecule has 1 heterocycles. The second-order valence-electron chi connectivity index (χ2n) is 8.56. The summed E-state index contributed by atoms with van der Waals surface area (Å²) in [6.45, 7) is 0.885. The number of ether oxygens (including phenoxy) is 3. The van der Waals surface area contributed by atoms with Crippen LogP contribution in [-0.2, 0) is 14.3 Å². The zero-order valence-corrected chi connectivity index (χ0v) is 20.5. The summed E-state index contributed by atoms with van der Waals surface area (Å²) in [5.41, 5.74) is 2.02. The standard InChI is InChI=1S/C26H31N5O5/c1-34-11-12-36-20-13-21-25(22(14-20)35-2)26(28-16-27-21)31-19-9-7-18(8-10-19)30-24(33)15-23(32)29-17-5-3-4-6-17/h7-10,13-14,16-17H,3-6,11-12,15H2,1-2H3,(H,29,32)(H,30,33)(H,27,28,31). The normalized spacial score (nSPS) is 13.4. The SMILES string of the molecule is COCCOc1cc(OC)c2c(Nc3ccc(NC(=O)CC(=O)NC4CCCC4)cc3)ncnc2c1. The number of aromatic nitrogens is 2. The molecule has 10 heteroatoms. The first kappa shape index (κ1) is 25.2. The summed E-state index contributed by atoms with van der Waals surface area (Å²) in [6, 6.07) is 11.0. The predicted octanol–water partition coefficient (Wildman–Crippen LogP) is 3.79. The molecule has 0 saturated heterocycles. The van der Waals surface area contributed by atoms with E-state index in [1.807, 2.05) is 18.2 Å². The largest absolute Gasteiger partial charge is 0.496 e. The molecule has 1 fully saturated rings. The van der Waals surface area contributed by atoms with Gasteiger partial charge in [-0.05, 0) is 37.1 Å². The molecular weight excluding hydrogens is 462 g/mol. The van der Waals surface area contributed by atoms with Crippen molar-refractivity contribution in [2.45, 2.75) is 38.1 Å². The second-order valence-corrected chi connectivity index (χ2v) is 8.56. The molecule has 0 bridgehead atoms. The van der Waals surface area contributed by atoms with Crippen LogP contribution in [0.3, 0.4) is 0 Å². The van der Waals surface area contributed by atoms with Gasteiger partial charge in [-0.1, -0.05) is 12.8 Å². The summed E-state index contributed by atoms with van der Waals surface area (Å²) in [5.74, 6) is 1.18. The van der Waals surface area contributed by atoms with Crippen molar-refractivity contribution in [1.29, 1.82) is 0 Å². The maximum Gasteiger partial charge on any atom is 0.233 e. The summed E-state index contributed by atoms with van der Waals surface area (Å²) < 4.78 is 16.3. The fraction of sp³-hybridized carbons (Fsp3) is 0.385. The van der Waals surface area contributed by atoms with E-state index in [-0.39, 0.29) is 24.3 Å². The molecule has 1 aliphatic carbocycles. The topological polar surface area (TPSA) is 124 Å². The third-order valence-corrected chi connectivity index (χ3v) is 5.92. The van der Waals surface area contributed by atoms with Gasteiger partial charge < -0.3 is 30.2 Å². The summed E-state index contributed by atoms with van der Waals surface area (Å²) in [4.78, 5) is 33.1. The minimum Gasteiger partial charge on any atom is -0.496 e. The van der Waals surface area contributed by atoms with E-state index < -0.39 is 0 Å². The van der Waals surface area contributed by atoms with E-state index in [0.29, 0.717) is 47.1 Å². The second kappa shape index (κ2) is 12.2. The third-order valence-electron chi connectivity index (χ3n) is 5.92. The van der Waals surface area contributed by atoms with Gasteiger partial charge in [0, 0.05) is 36.7 Å². The molecule has 3 aromatic rings. The maximum absolute atomic E-state index is 12.3. The Hall–Kier alpha value is -3.92. The van der Waals surface area contributed by atoms with E-state index in [1.165, 1.54) is 6.33 Å². The fourth-order valence-electron chi connectivity index (χ4n) is 4.18. The Bertz CT molecular complexity index is 1200. The molecule has 0 aliphatic heterocycles. The predicted molar refractivity (Wildman–Crippen MR) is 137 cm³/mol. The van der Waals surface area contributed by atoms with Crippen molar-refractivity contribution < 1.29 is 23.8 Å². The molecule has 1 saturated carbocycles. The van der Waals surface area contributed by atoms with Crippen LogP contribution in [0.4, 0.5) is 17.2 Å². The average Bonchev–Trinajstić information content (AvgIpc) is 3.37. The van der Waals surface area contributed by atoms with Crippen LogP contribution in [0.5, 0.6) is 11.5 Å². The Balaban J connectivity index is 1.40. The number of amides is 2. The molecule has 3 N–H and O–H groups in total. The number of nitrogens with one attached hydrogen (secondary N) is 3. The van der Waals surface area contributed by atoms with E-state index in [2.05, 4.69) is 25.9 Å². The van der Waals surface area contributed by atoms with Crippen LogP contribution >= 0.6 is 0 Å². The van der Waals surface area contributed by atoms with Gasteiger partial charge >= 0.3 is 0 Å². The van der Waals surface area contributed by atoms with E-state index in [1.54, 1.807) is 32.4 Å². The van der Waals surface area contributed by atoms with Crippen LogP contribution in [0.1, 0.15) is 32.1 Å². The van der Waals surface area contributed by atoms with Crippen LogP contribution in [0.15, 0.2) is 42.7 Å². The molecule has 36 heavy (non-hydrogen) atoms. The number of benzene rings is 2. The minimum atomic E-state index is -0.346. The number of hydrogen-bond acceptors (Lipinski definition) is 8. The highest BCUT2D eigenvalue weighted by Gasteiger charge is 2.19. The van der Waals surface area contributed by atoms with Gasteiger partial charge in [-0.15, -0.1) is 0 Å². The molecule has 1 aliphatic rings. The lowest BCUT2D eigenvalue weighted by Gasteiger charge is -2.14. The molecule has 2 amide bonds. The van der Waals surface area contributed by atoms with Crippen LogP contribution in [0, 0.1) is 0 Å². The Kier molecular flexibility index (Phi) is 8.51. The lowest BCUT2D eigenvalue weighted by Crippen LogP contribution is -2.34. The van der Waals surface area contributed by atoms with Gasteiger partial charge in [0.2, 0.25) is 11.8 Å². The van der Waals surface area contributed by atoms with E-state index in [4.69, 9.17) is 14.2 Å². The molecule has 0 atom stereocenters. The van der Waals surface area contributed by atoms with Crippen molar-refractivity contribution in [2.24, 2.45) is 0 Å². The van der Waals surface area contributed by atoms with Crippen LogP contribution in [0.25, 0.3) is 10.9 Å². The van der Waals surface area contributed by atoms with Gasteiger partial charge in [0.05, 0.1) is 24.6 Å². The Morgan fingerprint density at radius 1 is 0.972 bits per heavy atom. The quantitative estimate of drug-likeness (QED) is 0.272. The van der Waals surface area contributed by atoms with Crippen molar-refractivity contribution >= 4 is 39.9 Å². The van der Waals surface area contributed by atoms with Crippen LogP contribution < -0.4 is 25.4 Å². The summed E-state index contributed by atoms with van der Waals surface area (Å²) in [7, 11) is 3.20. The van der Waals surface area contributed by atoms with Gasteiger partial charge in [-0.25, -0.2) is 9.97 Å². The highest BCUT2D eigenvalue weighted by molar-refractivity contribution is 6.03. The number of hydrogen-bond donors (Lipinski definition) is 3. The van der Waals surface area contributed by atoms with E-state index in [0.717, 1.165) is 31.4 Å². The molecule has 0 spiro atoms. The molecule has 4 rings (SSSR count). The van der Waals surface area contributed by atoms with Crippen molar-refractivity contribution in [3.8, 4) is 11.5 Å². The Morgan fingerprint density at radius 3 is 2.44 bits per heavy atom. The van der Waals surface area contributed by atoms with Crippen molar-refractivity contribution in [3.05, 3.63) is 42.7 Å². The van der Waals surface area contributed by atoms with Crippen molar-refractivity contribution in [1.82, 2.24) is 15.3 Å². The van der Waals surface area contributed by atoms with Crippen LogP contribution in [-0.4, -0.2) is 55.3 Å². The molecule has 0 radical (unpaired) electrons. The summed E-state index contributed by atoms with van der Waals surface area (Å²) >= 11 is 0. The summed E-state index contributed by atoms with van der Waals surface area (Å²) in [5, 5.41) is 9.68. The Morgan fingerprint density at radius 2 is 1.72 bits per heavy atom. The van der Waals surface area contributed by atoms with Crippen molar-refractivity contribution in [2.75, 3.05) is 38.1 Å². The first-order valence-electron chi connectivity index (χ1n) is 12.0. The molecule has 190 valence electrons. The minimum absolute atomic E-state index is 0.194. The number of methoxy groups -OCH3 is 2. The average molecular weight is 494 g/mol. The number of carbonyl (C=O) groups is 2. The van der Waals surface area contributed by atoms with Crippen LogP contribution in [0.2, 0.25) is 0 Å². The number of fused-ring (bicyclic) bond motifs is 1. The molecule has 1 aromatic heterocycles. The molecular formula is C26H31N5O5. The van der Waals surface area contributed by atoms with E-state index in [9.17, 15) is 9.59 Å². The number of rotatable bonds is 11. The Labute approximate surface area is 209 Å². The van der Waals surface area contributed by atoms with Gasteiger partial charge in [0.25, 0.3) is 0 Å². The van der Waals surface area contributed by atoms with E-state index >= 15 is 0 Å². The maximum atomic E-state index is 12.3. The smallest absolute Gasteiger partial charge is 0.233 e. The summed E-state index contributed by atoms with van der Waals surface area (Å²) in [6.07, 6.45) is 5.49. The number of nitrogens with zero attached hydrogens (tertiary/aromatic N) is 2. The van der Waals surface area contributed by atoms with Gasteiger partial charge in [0.1, 0.15) is 36.7 Å². The zero-order valence-electron chi connectivity index (χ0n) is 20.5. The first-order valence-corrected chi connectivity index (χ1v) is 12.0. The van der Waals surface area contributed by atoms with Gasteiger partial charge in [0.15, 0.2) is 0 Å². The van der Waals surface area contributed by atoms with Crippen molar-refractivity contribution in [3.63, 3.8) is 0 Å². The lowest BCUT2D eigenvalue weighted by atomic mass is 10.2. The molecule has 10 nitrogen and oxygen atoms in total. The third kappa shape index (κ3) is 6.60.